The number of ether oxygens (including phenoxy) is 2. The fourth-order valence-electron chi connectivity index (χ4n) is 15.9. The first-order valence-electron chi connectivity index (χ1n) is 39.6. The number of hydrogen-bond acceptors (Lipinski definition) is 30. The minimum Gasteiger partial charge on any atom is -0.756 e. The van der Waals surface area contributed by atoms with Gasteiger partial charge in [0.05, 0.1) is 88.1 Å². The molecule has 0 radical (unpaired) electrons. The highest BCUT2D eigenvalue weighted by atomic mass is 31.2. The van der Waals surface area contributed by atoms with Gasteiger partial charge in [-0.1, -0.05) is 113 Å². The number of allylic oxidation sites excluding steroid dienone is 8. The number of pyridine rings is 1. The minimum absolute atomic E-state index is 0.0595. The largest absolute Gasteiger partial charge is 0.756 e. The van der Waals surface area contributed by atoms with E-state index in [9.17, 15) is 62.1 Å². The lowest BCUT2D eigenvalue weighted by Crippen LogP contribution is -2.30. The molecule has 6 aromatic rings. The highest BCUT2D eigenvalue weighted by molar-refractivity contribution is 7.48. The van der Waals surface area contributed by atoms with Crippen molar-refractivity contribution in [3.8, 4) is 0 Å². The minimum atomic E-state index is -5.07. The van der Waals surface area contributed by atoms with Gasteiger partial charge in [-0.25, -0.2) is 14.1 Å². The van der Waals surface area contributed by atoms with Crippen LogP contribution in [-0.4, -0.2) is 194 Å². The molecule has 8 heterocycles. The van der Waals surface area contributed by atoms with Gasteiger partial charge in [0.2, 0.25) is 17.0 Å². The van der Waals surface area contributed by atoms with Gasteiger partial charge in [0, 0.05) is 127 Å². The van der Waals surface area contributed by atoms with Crippen molar-refractivity contribution >= 4 is 92.3 Å². The molecule has 4 aromatic carbocycles. The number of aliphatic hydroxyl groups is 2. The van der Waals surface area contributed by atoms with Crippen LogP contribution in [0.4, 0.5) is 22.7 Å². The van der Waals surface area contributed by atoms with Crippen molar-refractivity contribution < 1.29 is 140 Å². The molecule has 0 aliphatic carbocycles. The Labute approximate surface area is 702 Å². The number of rotatable bonds is 42. The number of nitrogens with zero attached hydrogens (tertiary/aromatic N) is 8. The van der Waals surface area contributed by atoms with Crippen molar-refractivity contribution in [3.63, 3.8) is 0 Å². The summed E-state index contributed by atoms with van der Waals surface area (Å²) in [4.78, 5) is 87.6. The first-order valence-corrected chi connectivity index (χ1v) is 48.5. The van der Waals surface area contributed by atoms with Crippen molar-refractivity contribution in [1.82, 2.24) is 20.1 Å². The van der Waals surface area contributed by atoms with Gasteiger partial charge in [-0.2, -0.15) is 9.15 Å². The number of phosphoric acid groups is 6. The molecule has 6 aliphatic rings. The molecule has 662 valence electrons. The Morgan fingerprint density at radius 3 is 1.32 bits per heavy atom. The lowest BCUT2D eigenvalue weighted by molar-refractivity contribution is -0.439. The third kappa shape index (κ3) is 24.1. The number of hydrogen-bond donors (Lipinski definition) is 5. The lowest BCUT2D eigenvalue weighted by atomic mass is 9.81. The summed E-state index contributed by atoms with van der Waals surface area (Å²) in [5.74, 6) is 0. The molecule has 5 N–H and O–H groups in total. The summed E-state index contributed by atoms with van der Waals surface area (Å²) >= 11 is 0. The second kappa shape index (κ2) is 40.1. The zero-order chi connectivity index (χ0) is 87.6. The van der Waals surface area contributed by atoms with Crippen LogP contribution in [0, 0.1) is 0 Å². The second-order valence-electron chi connectivity index (χ2n) is 31.6. The summed E-state index contributed by atoms with van der Waals surface area (Å²) in [6, 6.07) is 35.9. The van der Waals surface area contributed by atoms with E-state index >= 15 is 0 Å². The van der Waals surface area contributed by atoms with Crippen LogP contribution in [0.15, 0.2) is 163 Å². The maximum Gasteiger partial charge on any atom is 0.548 e. The van der Waals surface area contributed by atoms with Gasteiger partial charge in [-0.15, -0.1) is 5.10 Å². The molecule has 0 bridgehead atoms. The van der Waals surface area contributed by atoms with Crippen LogP contribution in [0.2, 0.25) is 0 Å². The summed E-state index contributed by atoms with van der Waals surface area (Å²) in [6.45, 7) is 18.6. The van der Waals surface area contributed by atoms with Gasteiger partial charge >= 0.3 is 15.6 Å². The smallest absolute Gasteiger partial charge is 0.548 e. The van der Waals surface area contributed by atoms with Crippen molar-refractivity contribution in [2.24, 2.45) is 0 Å². The number of fused-ring (bicyclic) bond motifs is 5. The van der Waals surface area contributed by atoms with E-state index < -0.39 is 123 Å². The van der Waals surface area contributed by atoms with E-state index in [1.54, 1.807) is 26.0 Å². The van der Waals surface area contributed by atoms with Crippen LogP contribution >= 0.6 is 46.9 Å². The quantitative estimate of drug-likeness (QED) is 0.0135. The van der Waals surface area contributed by atoms with Crippen LogP contribution in [0.1, 0.15) is 130 Å². The van der Waals surface area contributed by atoms with Crippen molar-refractivity contribution in [3.05, 3.63) is 185 Å². The van der Waals surface area contributed by atoms with Crippen molar-refractivity contribution in [2.45, 2.75) is 166 Å². The Bertz CT molecular complexity index is 5150. The Hall–Kier alpha value is -6.33. The van der Waals surface area contributed by atoms with Gasteiger partial charge in [0.1, 0.15) is 17.7 Å². The highest BCUT2D eigenvalue weighted by Gasteiger charge is 2.48. The third-order valence-corrected chi connectivity index (χ3v) is 26.9. The van der Waals surface area contributed by atoms with E-state index in [-0.39, 0.29) is 66.6 Å². The van der Waals surface area contributed by atoms with Gasteiger partial charge < -0.3 is 95.0 Å². The van der Waals surface area contributed by atoms with Crippen molar-refractivity contribution in [2.75, 3.05) is 102 Å². The molecule has 2 saturated heterocycles. The maximum absolute atomic E-state index is 12.7. The van der Waals surface area contributed by atoms with Crippen LogP contribution in [-0.2, 0) is 104 Å². The zero-order valence-corrected chi connectivity index (χ0v) is 74.3. The molecule has 11 atom stereocenters. The molecular weight excluding hydrogens is 1690 g/mol. The average Bonchev–Trinajstić information content (AvgIpc) is 1.60. The zero-order valence-electron chi connectivity index (χ0n) is 68.9. The fourth-order valence-corrected chi connectivity index (χ4v) is 20.2. The fraction of sp³-hybridized carbons (Fsp3) is 0.506. The summed E-state index contributed by atoms with van der Waals surface area (Å²) in [5.41, 5.74) is 12.4. The predicted molar refractivity (Wildman–Crippen MR) is 439 cm³/mol. The van der Waals surface area contributed by atoms with Gasteiger partial charge in [0.25, 0.3) is 31.3 Å². The summed E-state index contributed by atoms with van der Waals surface area (Å²) in [5, 5.41) is 26.6. The van der Waals surface area contributed by atoms with E-state index in [4.69, 9.17) is 64.6 Å². The van der Waals surface area contributed by atoms with E-state index in [0.29, 0.717) is 62.2 Å². The molecule has 36 nitrogen and oxygen atoms in total. The first-order chi connectivity index (χ1) is 57.1. The van der Waals surface area contributed by atoms with E-state index in [1.165, 1.54) is 17.3 Å². The third-order valence-electron chi connectivity index (χ3n) is 21.5. The molecular formula is C79H106N8O28P6-2. The second-order valence-corrected chi connectivity index (χ2v) is 39.7. The first kappa shape index (κ1) is 95.3. The molecule has 121 heavy (non-hydrogen) atoms. The summed E-state index contributed by atoms with van der Waals surface area (Å²) < 4.78 is 144. The molecule has 0 spiro atoms. The Morgan fingerprint density at radius 1 is 0.496 bits per heavy atom. The standard InChI is InChI=1S/C42H55N6O14P3.C37H53N2O14P3/c1-30-28-36(37(60-30)29-59-65(54,55)62-48-40-33(44-45-48)16-11-21-43-40)61-64(52,53)58-27-26-57-63(50,51)56-25-13-23-47-35-18-9-7-15-32(35)42(4,5)39(47)20-10-19-38-41(2,3)31-14-6-8-17-34(31)46(38)22-12-24-49;1-27-25-32(33(52-27)26-51-54(41,42)43)53-56(46,47)50-24-23-49-55(44,45)48-22-12-20-39-31-16-9-7-14-29(31)37(4,5)35(39)18-10-17-34-36(2,3)28-13-6-8-15-30(28)38(34)19-11-21-40/h6-11,14-21,30,36-37,49H,12-13,22-29H2,1-5H3,(H2-,50,51,52,53,54,55);6-10,13-18,27,32-33,40H,11-12,19-26H2,1-5H3,(H3-,41,42,43,44,45,46,47)/p-2/t30-,36+,37+;27-,32+,33+/m00/s1. The average molecular weight is 1800 g/mol. The normalized spacial score (nSPS) is 24.0. The number of aromatic nitrogens is 4. The Morgan fingerprint density at radius 2 is 0.893 bits per heavy atom. The highest BCUT2D eigenvalue weighted by Crippen LogP contribution is 2.53. The molecule has 0 saturated carbocycles. The number of aliphatic hydroxyl groups excluding tert-OH is 2. The molecule has 2 fully saturated rings. The molecule has 0 amide bonds. The molecule has 5 unspecified atom stereocenters. The molecule has 12 rings (SSSR count). The topological polar surface area (TPSA) is 472 Å². The summed E-state index contributed by atoms with van der Waals surface area (Å²) in [7, 11) is -29.4. The van der Waals surface area contributed by atoms with Crippen molar-refractivity contribution in [1.29, 1.82) is 0 Å². The predicted octanol–water partition coefficient (Wildman–Crippen LogP) is 9.74. The number of phosphoric ester groups is 6. The Balaban J connectivity index is 0.000000239. The number of anilines is 2. The molecule has 2 aromatic heterocycles. The van der Waals surface area contributed by atoms with E-state index in [1.807, 2.05) is 60.7 Å². The SMILES string of the molecule is C[C@H]1C[C@@H](OP(=O)([O-])OCCOP(=O)([O-])OCCC[N+]2=C(C=CC=C3N(CCCO)c4ccccc4C3(C)C)C(C)(C)c3ccccc32)[C@@H](COP(=O)(O)O)O1.C[C@H]1C[C@@H](OP(=O)([O-])OCCOP(=O)([O-])OCCC[N+]2=C(C=CC=C3N(CCCO)c4ccccc4C3(C)C)C(C)(C)c3ccccc32)[C@@H](COP(=O)(O)On2nnc3cccnc32)O1. The Kier molecular flexibility index (Phi) is 31.6. The summed E-state index contributed by atoms with van der Waals surface area (Å²) in [6.07, 6.45) is 10.4. The molecule has 6 aliphatic heterocycles. The van der Waals surface area contributed by atoms with E-state index in [0.717, 1.165) is 56.7 Å². The van der Waals surface area contributed by atoms with Crippen LogP contribution in [0.5, 0.6) is 0 Å². The van der Waals surface area contributed by atoms with Gasteiger partial charge in [0.15, 0.2) is 24.5 Å². The maximum atomic E-state index is 12.7. The van der Waals surface area contributed by atoms with Gasteiger partial charge in [-0.3, -0.25) is 36.8 Å². The lowest BCUT2D eigenvalue weighted by Gasteiger charge is -2.29. The van der Waals surface area contributed by atoms with Crippen LogP contribution in [0.25, 0.3) is 11.2 Å². The van der Waals surface area contributed by atoms with Crippen LogP contribution in [0.3, 0.4) is 0 Å². The molecule has 42 heteroatoms. The van der Waals surface area contributed by atoms with Gasteiger partial charge in [-0.05, 0) is 112 Å². The monoisotopic (exact) mass is 1800 g/mol. The number of para-hydroxylation sites is 4. The van der Waals surface area contributed by atoms with Crippen LogP contribution < -0.4 is 34.0 Å². The number of benzene rings is 4. The van der Waals surface area contributed by atoms with E-state index in [2.05, 4.69) is 167 Å².